The summed E-state index contributed by atoms with van der Waals surface area (Å²) in [6.07, 6.45) is 7.79. The van der Waals surface area contributed by atoms with Gasteiger partial charge in [0.2, 0.25) is 0 Å². The molecule has 0 amide bonds. The SMILES string of the molecule is N=C(N)N(c1cccc2c1Cc1ccccc1-2)C1C2CC3CC(C2)CC1C3. The number of anilines is 1. The van der Waals surface area contributed by atoms with Crippen LogP contribution >= 0.6 is 0 Å². The summed E-state index contributed by atoms with van der Waals surface area (Å²) >= 11 is 0. The lowest BCUT2D eigenvalue weighted by Crippen LogP contribution is -2.59. The predicted octanol–water partition coefficient (Wildman–Crippen LogP) is 4.78. The van der Waals surface area contributed by atoms with E-state index in [0.717, 1.165) is 18.3 Å². The van der Waals surface area contributed by atoms with E-state index in [0.29, 0.717) is 17.9 Å². The highest BCUT2D eigenvalue weighted by atomic mass is 15.3. The number of rotatable bonds is 2. The Balaban J connectivity index is 1.45. The molecule has 0 heterocycles. The van der Waals surface area contributed by atoms with E-state index < -0.39 is 0 Å². The van der Waals surface area contributed by atoms with Gasteiger partial charge in [-0.3, -0.25) is 5.41 Å². The number of hydrogen-bond donors (Lipinski definition) is 2. The molecule has 4 fully saturated rings. The van der Waals surface area contributed by atoms with Crippen LogP contribution in [0, 0.1) is 29.1 Å². The molecule has 27 heavy (non-hydrogen) atoms. The Hall–Kier alpha value is -2.29. The Bertz CT molecular complexity index is 903. The highest BCUT2D eigenvalue weighted by Gasteiger charge is 2.51. The highest BCUT2D eigenvalue weighted by Crippen LogP contribution is 2.56. The Kier molecular flexibility index (Phi) is 3.27. The number of guanidine groups is 1. The van der Waals surface area contributed by atoms with Crippen molar-refractivity contribution in [2.24, 2.45) is 29.4 Å². The molecule has 0 spiro atoms. The van der Waals surface area contributed by atoms with Crippen molar-refractivity contribution < 1.29 is 0 Å². The van der Waals surface area contributed by atoms with Gasteiger partial charge in [-0.1, -0.05) is 36.4 Å². The van der Waals surface area contributed by atoms with Crippen LogP contribution in [0.3, 0.4) is 0 Å². The summed E-state index contributed by atoms with van der Waals surface area (Å²) in [6.45, 7) is 0. The summed E-state index contributed by atoms with van der Waals surface area (Å²) in [7, 11) is 0. The van der Waals surface area contributed by atoms with Gasteiger partial charge >= 0.3 is 0 Å². The van der Waals surface area contributed by atoms with E-state index >= 15 is 0 Å². The van der Waals surface area contributed by atoms with Crippen LogP contribution in [0.15, 0.2) is 42.5 Å². The average Bonchev–Trinajstić information content (AvgIpc) is 3.03. The third-order valence-electron chi connectivity index (χ3n) is 7.82. The van der Waals surface area contributed by atoms with E-state index in [4.69, 9.17) is 11.1 Å². The van der Waals surface area contributed by atoms with Gasteiger partial charge in [-0.15, -0.1) is 0 Å². The molecule has 3 heteroatoms. The number of nitrogens with two attached hydrogens (primary N) is 1. The summed E-state index contributed by atoms with van der Waals surface area (Å²) in [5.41, 5.74) is 12.9. The lowest BCUT2D eigenvalue weighted by atomic mass is 9.54. The van der Waals surface area contributed by atoms with Crippen LogP contribution in [0.5, 0.6) is 0 Å². The van der Waals surface area contributed by atoms with Crippen molar-refractivity contribution in [2.75, 3.05) is 4.90 Å². The molecule has 4 bridgehead atoms. The van der Waals surface area contributed by atoms with E-state index in [1.165, 1.54) is 60.0 Å². The molecule has 2 aromatic rings. The normalized spacial score (nSPS) is 32.2. The maximum atomic E-state index is 8.49. The predicted molar refractivity (Wildman–Crippen MR) is 110 cm³/mol. The molecule has 3 N–H and O–H groups in total. The third kappa shape index (κ3) is 2.24. The van der Waals surface area contributed by atoms with Crippen molar-refractivity contribution in [1.82, 2.24) is 0 Å². The van der Waals surface area contributed by atoms with Crippen molar-refractivity contribution in [3.63, 3.8) is 0 Å². The average molecular weight is 358 g/mol. The number of nitrogens with one attached hydrogen (secondary N) is 1. The molecule has 4 saturated carbocycles. The smallest absolute Gasteiger partial charge is 0.193 e. The van der Waals surface area contributed by atoms with Gasteiger partial charge in [-0.2, -0.15) is 0 Å². The standard InChI is InChI=1S/C24H27N3/c25-24(26)27(23-17-9-14-8-15(11-17)12-18(23)10-14)22-7-3-6-20-19-5-2-1-4-16(19)13-21(20)22/h1-7,14-15,17-18,23H,8-13H2,(H3,25,26). The molecule has 0 aromatic heterocycles. The monoisotopic (exact) mass is 357 g/mol. The topological polar surface area (TPSA) is 53.1 Å². The van der Waals surface area contributed by atoms with Crippen LogP contribution in [-0.2, 0) is 6.42 Å². The van der Waals surface area contributed by atoms with Gasteiger partial charge in [-0.25, -0.2) is 0 Å². The number of hydrogen-bond acceptors (Lipinski definition) is 1. The number of nitrogens with zero attached hydrogens (tertiary/aromatic N) is 1. The molecule has 5 aliphatic carbocycles. The maximum Gasteiger partial charge on any atom is 0.193 e. The zero-order valence-corrected chi connectivity index (χ0v) is 15.7. The number of fused-ring (bicyclic) bond motifs is 3. The minimum atomic E-state index is 0.233. The van der Waals surface area contributed by atoms with Crippen LogP contribution in [0.2, 0.25) is 0 Å². The molecular formula is C24H27N3. The molecule has 0 radical (unpaired) electrons. The minimum Gasteiger partial charge on any atom is -0.370 e. The van der Waals surface area contributed by atoms with Crippen LogP contribution in [-0.4, -0.2) is 12.0 Å². The fourth-order valence-corrected chi connectivity index (χ4v) is 7.14. The van der Waals surface area contributed by atoms with Crippen molar-refractivity contribution in [3.8, 4) is 11.1 Å². The Morgan fingerprint density at radius 2 is 1.52 bits per heavy atom. The minimum absolute atomic E-state index is 0.233. The van der Waals surface area contributed by atoms with Gasteiger partial charge in [0, 0.05) is 18.2 Å². The molecule has 0 unspecified atom stereocenters. The molecule has 0 aliphatic heterocycles. The van der Waals surface area contributed by atoms with E-state index in [-0.39, 0.29) is 5.96 Å². The second-order valence-corrected chi connectivity index (χ2v) is 9.31. The molecule has 2 aromatic carbocycles. The largest absolute Gasteiger partial charge is 0.370 e. The lowest BCUT2D eigenvalue weighted by molar-refractivity contribution is 0.00126. The summed E-state index contributed by atoms with van der Waals surface area (Å²) in [5.74, 6) is 3.53. The molecule has 0 saturated heterocycles. The maximum absolute atomic E-state index is 8.49. The van der Waals surface area contributed by atoms with E-state index in [9.17, 15) is 0 Å². The summed E-state index contributed by atoms with van der Waals surface area (Å²) in [4.78, 5) is 2.23. The summed E-state index contributed by atoms with van der Waals surface area (Å²) in [6, 6.07) is 15.7. The molecule has 3 nitrogen and oxygen atoms in total. The Morgan fingerprint density at radius 1 is 0.852 bits per heavy atom. The van der Waals surface area contributed by atoms with Crippen LogP contribution in [0.25, 0.3) is 11.1 Å². The molecule has 5 aliphatic rings. The first-order valence-electron chi connectivity index (χ1n) is 10.5. The summed E-state index contributed by atoms with van der Waals surface area (Å²) < 4.78 is 0. The van der Waals surface area contributed by atoms with E-state index in [1.807, 2.05) is 0 Å². The Morgan fingerprint density at radius 3 is 2.22 bits per heavy atom. The van der Waals surface area contributed by atoms with Crippen molar-refractivity contribution in [3.05, 3.63) is 53.6 Å². The van der Waals surface area contributed by atoms with Crippen molar-refractivity contribution in [1.29, 1.82) is 5.41 Å². The highest BCUT2D eigenvalue weighted by molar-refractivity contribution is 5.96. The van der Waals surface area contributed by atoms with Crippen LogP contribution in [0.4, 0.5) is 5.69 Å². The first-order chi connectivity index (χ1) is 13.2. The molecular weight excluding hydrogens is 330 g/mol. The van der Waals surface area contributed by atoms with Gasteiger partial charge in [0.05, 0.1) is 0 Å². The molecule has 7 rings (SSSR count). The fourth-order valence-electron chi connectivity index (χ4n) is 7.14. The molecule has 0 atom stereocenters. The lowest BCUT2D eigenvalue weighted by Gasteiger charge is -2.57. The summed E-state index contributed by atoms with van der Waals surface area (Å²) in [5, 5.41) is 8.49. The fraction of sp³-hybridized carbons (Fsp3) is 0.458. The van der Waals surface area contributed by atoms with Gasteiger partial charge in [-0.05, 0) is 84.1 Å². The van der Waals surface area contributed by atoms with Gasteiger partial charge in [0.15, 0.2) is 5.96 Å². The van der Waals surface area contributed by atoms with Gasteiger partial charge in [0.25, 0.3) is 0 Å². The van der Waals surface area contributed by atoms with Crippen LogP contribution in [0.1, 0.15) is 43.2 Å². The first kappa shape index (κ1) is 15.7. The zero-order valence-electron chi connectivity index (χ0n) is 15.7. The van der Waals surface area contributed by atoms with Gasteiger partial charge in [0.1, 0.15) is 0 Å². The number of benzene rings is 2. The molecule has 138 valence electrons. The zero-order chi connectivity index (χ0) is 18.1. The second kappa shape index (κ2) is 5.60. The first-order valence-corrected chi connectivity index (χ1v) is 10.5. The van der Waals surface area contributed by atoms with E-state index in [2.05, 4.69) is 47.4 Å². The third-order valence-corrected chi connectivity index (χ3v) is 7.82. The Labute approximate surface area is 161 Å². The van der Waals surface area contributed by atoms with Gasteiger partial charge < -0.3 is 10.6 Å². The quantitative estimate of drug-likeness (QED) is 0.512. The van der Waals surface area contributed by atoms with Crippen molar-refractivity contribution >= 4 is 11.6 Å². The van der Waals surface area contributed by atoms with E-state index in [1.54, 1.807) is 0 Å². The van der Waals surface area contributed by atoms with Crippen molar-refractivity contribution in [2.45, 2.75) is 44.6 Å². The second-order valence-electron chi connectivity index (χ2n) is 9.31. The van der Waals surface area contributed by atoms with Crippen LogP contribution < -0.4 is 10.6 Å².